The highest BCUT2D eigenvalue weighted by Crippen LogP contribution is 2.26. The number of nitrogens with zero attached hydrogens (tertiary/aromatic N) is 3. The van der Waals surface area contributed by atoms with Gasteiger partial charge in [-0.05, 0) is 30.7 Å². The van der Waals surface area contributed by atoms with E-state index in [4.69, 9.17) is 5.73 Å². The zero-order valence-electron chi connectivity index (χ0n) is 10.8. The fourth-order valence-electron chi connectivity index (χ4n) is 2.78. The molecular weight excluding hydrogens is 244 g/mol. The van der Waals surface area contributed by atoms with Crippen LogP contribution in [-0.2, 0) is 6.54 Å². The van der Waals surface area contributed by atoms with E-state index < -0.39 is 0 Å². The van der Waals surface area contributed by atoms with Crippen LogP contribution < -0.4 is 5.73 Å². The van der Waals surface area contributed by atoms with Gasteiger partial charge in [0.2, 0.25) is 0 Å². The number of anilines is 1. The Morgan fingerprint density at radius 3 is 3.00 bits per heavy atom. The molecule has 4 nitrogen and oxygen atoms in total. The first-order valence-electron chi connectivity index (χ1n) is 6.37. The second-order valence-electron chi connectivity index (χ2n) is 5.28. The molecule has 3 heterocycles. The number of hydrogen-bond acceptors (Lipinski definition) is 5. The number of fused-ring (bicyclic) bond motifs is 1. The van der Waals surface area contributed by atoms with Crippen molar-refractivity contribution in [3.8, 4) is 0 Å². The van der Waals surface area contributed by atoms with E-state index in [1.165, 1.54) is 6.42 Å². The predicted octanol–water partition coefficient (Wildman–Crippen LogP) is 2.50. The summed E-state index contributed by atoms with van der Waals surface area (Å²) in [5, 5.41) is 2.99. The molecule has 0 saturated carbocycles. The molecule has 1 saturated heterocycles. The van der Waals surface area contributed by atoms with Crippen molar-refractivity contribution in [3.63, 3.8) is 0 Å². The van der Waals surface area contributed by atoms with Crippen LogP contribution in [0.1, 0.15) is 26.1 Å². The van der Waals surface area contributed by atoms with Crippen LogP contribution in [0.3, 0.4) is 0 Å². The lowest BCUT2D eigenvalue weighted by molar-refractivity contribution is 0.250. The van der Waals surface area contributed by atoms with Gasteiger partial charge >= 0.3 is 0 Å². The van der Waals surface area contributed by atoms with Crippen molar-refractivity contribution in [2.75, 3.05) is 12.3 Å². The fraction of sp³-hybridized carbons (Fsp3) is 0.538. The third kappa shape index (κ3) is 2.08. The summed E-state index contributed by atoms with van der Waals surface area (Å²) in [6.07, 6.45) is 1.26. The normalized spacial score (nSPS) is 25.0. The van der Waals surface area contributed by atoms with Crippen molar-refractivity contribution in [3.05, 3.63) is 17.3 Å². The molecule has 0 aliphatic carbocycles. The summed E-state index contributed by atoms with van der Waals surface area (Å²) in [5.41, 5.74) is 5.97. The topological polar surface area (TPSA) is 55.0 Å². The minimum absolute atomic E-state index is 0.608. The number of thiophene rings is 1. The molecule has 2 N–H and O–H groups in total. The van der Waals surface area contributed by atoms with Crippen molar-refractivity contribution >= 4 is 27.4 Å². The summed E-state index contributed by atoms with van der Waals surface area (Å²) in [4.78, 5) is 12.5. The van der Waals surface area contributed by atoms with E-state index in [0.717, 1.165) is 35.0 Å². The smallest absolute Gasteiger partial charge is 0.146 e. The van der Waals surface area contributed by atoms with Crippen LogP contribution in [0.15, 0.2) is 11.4 Å². The molecule has 0 spiro atoms. The zero-order valence-corrected chi connectivity index (χ0v) is 11.6. The Balaban J connectivity index is 1.86. The maximum absolute atomic E-state index is 5.97. The van der Waals surface area contributed by atoms with Gasteiger partial charge in [-0.25, -0.2) is 9.97 Å². The Bertz CT molecular complexity index is 565. The summed E-state index contributed by atoms with van der Waals surface area (Å²) in [5.74, 6) is 2.22. The number of likely N-dealkylation sites (tertiary alicyclic amines) is 1. The van der Waals surface area contributed by atoms with Gasteiger partial charge in [-0.2, -0.15) is 0 Å². The van der Waals surface area contributed by atoms with Crippen molar-refractivity contribution < 1.29 is 0 Å². The molecule has 0 aromatic carbocycles. The van der Waals surface area contributed by atoms with Gasteiger partial charge in [-0.15, -0.1) is 11.3 Å². The third-order valence-electron chi connectivity index (χ3n) is 3.66. The number of aromatic nitrogens is 2. The van der Waals surface area contributed by atoms with Crippen molar-refractivity contribution in [2.45, 2.75) is 32.9 Å². The summed E-state index contributed by atoms with van der Waals surface area (Å²) >= 11 is 1.63. The van der Waals surface area contributed by atoms with Gasteiger partial charge in [-0.1, -0.05) is 6.92 Å². The molecule has 2 aromatic rings. The van der Waals surface area contributed by atoms with E-state index in [9.17, 15) is 0 Å². The summed E-state index contributed by atoms with van der Waals surface area (Å²) in [6, 6.07) is 2.60. The zero-order chi connectivity index (χ0) is 12.7. The average Bonchev–Trinajstić information content (AvgIpc) is 2.86. The second-order valence-corrected chi connectivity index (χ2v) is 6.18. The lowest BCUT2D eigenvalue weighted by Gasteiger charge is -2.19. The average molecular weight is 262 g/mol. The van der Waals surface area contributed by atoms with Gasteiger partial charge in [-0.3, -0.25) is 4.90 Å². The van der Waals surface area contributed by atoms with Crippen molar-refractivity contribution in [1.82, 2.24) is 14.9 Å². The Labute approximate surface area is 111 Å². The van der Waals surface area contributed by atoms with E-state index >= 15 is 0 Å². The van der Waals surface area contributed by atoms with Crippen LogP contribution >= 0.6 is 11.3 Å². The molecule has 96 valence electrons. The van der Waals surface area contributed by atoms with Gasteiger partial charge in [0.25, 0.3) is 0 Å². The molecule has 5 heteroatoms. The molecule has 1 aliphatic rings. The molecular formula is C13H18N4S. The second kappa shape index (κ2) is 4.48. The predicted molar refractivity (Wildman–Crippen MR) is 75.5 cm³/mol. The van der Waals surface area contributed by atoms with E-state index in [2.05, 4.69) is 28.7 Å². The Kier molecular flexibility index (Phi) is 2.95. The highest BCUT2D eigenvalue weighted by atomic mass is 32.1. The highest BCUT2D eigenvalue weighted by molar-refractivity contribution is 7.16. The maximum atomic E-state index is 5.97. The highest BCUT2D eigenvalue weighted by Gasteiger charge is 2.26. The van der Waals surface area contributed by atoms with Gasteiger partial charge in [0, 0.05) is 12.6 Å². The van der Waals surface area contributed by atoms with Crippen LogP contribution in [0, 0.1) is 5.92 Å². The maximum Gasteiger partial charge on any atom is 0.146 e. The Morgan fingerprint density at radius 2 is 2.28 bits per heavy atom. The van der Waals surface area contributed by atoms with E-state index in [0.29, 0.717) is 11.9 Å². The minimum atomic E-state index is 0.608. The van der Waals surface area contributed by atoms with Crippen LogP contribution in [0.4, 0.5) is 5.82 Å². The van der Waals surface area contributed by atoms with Gasteiger partial charge in [0.05, 0.1) is 11.9 Å². The fourth-order valence-corrected chi connectivity index (χ4v) is 3.57. The van der Waals surface area contributed by atoms with E-state index in [1.807, 2.05) is 11.4 Å². The van der Waals surface area contributed by atoms with Crippen LogP contribution in [0.2, 0.25) is 0 Å². The summed E-state index contributed by atoms with van der Waals surface area (Å²) in [6.45, 7) is 6.52. The van der Waals surface area contributed by atoms with Gasteiger partial charge < -0.3 is 5.73 Å². The Morgan fingerprint density at radius 1 is 1.44 bits per heavy atom. The number of nitrogens with two attached hydrogens (primary N) is 1. The SMILES string of the molecule is CC1CC(C)N(Cc2nc(N)c3ccsc3n2)C1. The standard InChI is InChI=1S/C13H18N4S/c1-8-5-9(2)17(6-8)7-11-15-12(14)10-3-4-18-13(10)16-11/h3-4,8-9H,5-7H2,1-2H3,(H2,14,15,16). The quantitative estimate of drug-likeness (QED) is 0.903. The molecule has 2 aromatic heterocycles. The molecule has 2 unspecified atom stereocenters. The first-order chi connectivity index (χ1) is 8.63. The van der Waals surface area contributed by atoms with Gasteiger partial charge in [0.1, 0.15) is 16.5 Å². The summed E-state index contributed by atoms with van der Waals surface area (Å²) in [7, 11) is 0. The molecule has 2 atom stereocenters. The molecule has 18 heavy (non-hydrogen) atoms. The van der Waals surface area contributed by atoms with Crippen LogP contribution in [0.25, 0.3) is 10.2 Å². The number of nitrogen functional groups attached to an aromatic ring is 1. The van der Waals surface area contributed by atoms with Crippen LogP contribution in [-0.4, -0.2) is 27.5 Å². The number of hydrogen-bond donors (Lipinski definition) is 1. The molecule has 0 bridgehead atoms. The number of rotatable bonds is 2. The minimum Gasteiger partial charge on any atom is -0.383 e. The third-order valence-corrected chi connectivity index (χ3v) is 4.46. The summed E-state index contributed by atoms with van der Waals surface area (Å²) < 4.78 is 0. The lowest BCUT2D eigenvalue weighted by Crippen LogP contribution is -2.27. The van der Waals surface area contributed by atoms with Crippen molar-refractivity contribution in [1.29, 1.82) is 0 Å². The van der Waals surface area contributed by atoms with Gasteiger partial charge in [0.15, 0.2) is 0 Å². The van der Waals surface area contributed by atoms with E-state index in [-0.39, 0.29) is 0 Å². The monoisotopic (exact) mass is 262 g/mol. The van der Waals surface area contributed by atoms with E-state index in [1.54, 1.807) is 11.3 Å². The molecule has 1 aliphatic heterocycles. The largest absolute Gasteiger partial charge is 0.383 e. The van der Waals surface area contributed by atoms with Crippen LogP contribution in [0.5, 0.6) is 0 Å². The first kappa shape index (κ1) is 11.9. The Hall–Kier alpha value is -1.20. The first-order valence-corrected chi connectivity index (χ1v) is 7.25. The lowest BCUT2D eigenvalue weighted by atomic mass is 10.1. The van der Waals surface area contributed by atoms with Crippen molar-refractivity contribution in [2.24, 2.45) is 5.92 Å². The molecule has 0 radical (unpaired) electrons. The molecule has 3 rings (SSSR count). The molecule has 0 amide bonds. The molecule has 1 fully saturated rings.